The topological polar surface area (TPSA) is 131 Å². The van der Waals surface area contributed by atoms with Crippen LogP contribution in [0.2, 0.25) is 5.28 Å². The maximum atomic E-state index is 13.8. The molecular formula is C23H18ClFN4O5. The Morgan fingerprint density at radius 1 is 1.09 bits per heavy atom. The number of rotatable bonds is 7. The predicted molar refractivity (Wildman–Crippen MR) is 120 cm³/mol. The summed E-state index contributed by atoms with van der Waals surface area (Å²) < 4.78 is 19.2. The van der Waals surface area contributed by atoms with E-state index in [2.05, 4.69) is 20.6 Å². The van der Waals surface area contributed by atoms with Gasteiger partial charge in [0.05, 0.1) is 12.6 Å². The van der Waals surface area contributed by atoms with Gasteiger partial charge in [-0.2, -0.15) is 4.98 Å². The minimum atomic E-state index is -1.55. The summed E-state index contributed by atoms with van der Waals surface area (Å²) in [6.07, 6.45) is -1.02. The van der Waals surface area contributed by atoms with Crippen molar-refractivity contribution in [2.24, 2.45) is 0 Å². The highest BCUT2D eigenvalue weighted by Crippen LogP contribution is 2.44. The minimum absolute atomic E-state index is 0.0303. The summed E-state index contributed by atoms with van der Waals surface area (Å²) >= 11 is 5.60. The molecule has 2 amide bonds. The van der Waals surface area contributed by atoms with Gasteiger partial charge in [-0.3, -0.25) is 9.59 Å². The van der Waals surface area contributed by atoms with Gasteiger partial charge >= 0.3 is 12.1 Å². The summed E-state index contributed by atoms with van der Waals surface area (Å²) in [6.45, 7) is -0.0303. The van der Waals surface area contributed by atoms with Gasteiger partial charge in [-0.1, -0.05) is 48.5 Å². The average molecular weight is 485 g/mol. The first-order chi connectivity index (χ1) is 16.3. The van der Waals surface area contributed by atoms with Crippen LogP contribution in [0.25, 0.3) is 11.1 Å². The Morgan fingerprint density at radius 2 is 1.71 bits per heavy atom. The van der Waals surface area contributed by atoms with Crippen LogP contribution in [0.15, 0.2) is 54.7 Å². The Bertz CT molecular complexity index is 1230. The van der Waals surface area contributed by atoms with Gasteiger partial charge in [-0.15, -0.1) is 0 Å². The minimum Gasteiger partial charge on any atom is -0.481 e. The second kappa shape index (κ2) is 9.84. The fourth-order valence-electron chi connectivity index (χ4n) is 3.80. The Labute approximate surface area is 197 Å². The maximum Gasteiger partial charge on any atom is 0.407 e. The molecule has 9 nitrogen and oxygen atoms in total. The van der Waals surface area contributed by atoms with Crippen molar-refractivity contribution in [3.63, 3.8) is 0 Å². The quantitative estimate of drug-likeness (QED) is 0.437. The number of halogens is 2. The standard InChI is InChI=1S/C23H18ClFN4O5/c24-22-26-10-17(25)20(29-22)28-21(32)18(9-19(30)31)27-23(33)34-11-16-14-7-3-1-5-12(14)13-6-2-4-8-15(13)16/h1-8,10,16,18H,9,11H2,(H,27,33)(H,30,31)(H,26,28,29,32). The van der Waals surface area contributed by atoms with Crippen LogP contribution in [0.4, 0.5) is 15.0 Å². The number of aliphatic carboxylic acids is 1. The van der Waals surface area contributed by atoms with E-state index >= 15 is 0 Å². The third-order valence-corrected chi connectivity index (χ3v) is 5.47. The first-order valence-corrected chi connectivity index (χ1v) is 10.5. The van der Waals surface area contributed by atoms with Crippen molar-refractivity contribution in [2.75, 3.05) is 11.9 Å². The number of fused-ring (bicyclic) bond motifs is 3. The summed E-state index contributed by atoms with van der Waals surface area (Å²) in [5, 5.41) is 13.1. The highest BCUT2D eigenvalue weighted by atomic mass is 35.5. The number of amides is 2. The number of nitrogens with zero attached hydrogens (tertiary/aromatic N) is 2. The number of hydrogen-bond acceptors (Lipinski definition) is 6. The lowest BCUT2D eigenvalue weighted by molar-refractivity contribution is -0.139. The number of benzene rings is 2. The molecule has 4 rings (SSSR count). The monoisotopic (exact) mass is 484 g/mol. The van der Waals surface area contributed by atoms with Crippen molar-refractivity contribution in [1.29, 1.82) is 0 Å². The van der Waals surface area contributed by atoms with Gasteiger partial charge < -0.3 is 20.5 Å². The Hall–Kier alpha value is -4.05. The van der Waals surface area contributed by atoms with E-state index in [0.717, 1.165) is 28.5 Å². The molecule has 0 bridgehead atoms. The Kier molecular flexibility index (Phi) is 6.69. The first kappa shape index (κ1) is 23.1. The van der Waals surface area contributed by atoms with E-state index in [-0.39, 0.29) is 17.8 Å². The maximum absolute atomic E-state index is 13.8. The van der Waals surface area contributed by atoms with Crippen molar-refractivity contribution in [2.45, 2.75) is 18.4 Å². The van der Waals surface area contributed by atoms with E-state index in [9.17, 15) is 18.8 Å². The number of hydrogen-bond donors (Lipinski definition) is 3. The van der Waals surface area contributed by atoms with Crippen LogP contribution in [-0.4, -0.2) is 45.7 Å². The predicted octanol–water partition coefficient (Wildman–Crippen LogP) is 3.59. The van der Waals surface area contributed by atoms with Gasteiger partial charge in [-0.25, -0.2) is 14.2 Å². The highest BCUT2D eigenvalue weighted by Gasteiger charge is 2.30. The molecule has 34 heavy (non-hydrogen) atoms. The van der Waals surface area contributed by atoms with E-state index in [1.807, 2.05) is 48.5 Å². The Morgan fingerprint density at radius 3 is 2.32 bits per heavy atom. The molecule has 1 unspecified atom stereocenters. The van der Waals surface area contributed by atoms with Gasteiger partial charge in [0, 0.05) is 5.92 Å². The molecule has 0 fully saturated rings. The largest absolute Gasteiger partial charge is 0.481 e. The highest BCUT2D eigenvalue weighted by molar-refractivity contribution is 6.28. The van der Waals surface area contributed by atoms with Gasteiger partial charge in [0.1, 0.15) is 12.6 Å². The molecule has 2 aromatic carbocycles. The molecular weight excluding hydrogens is 467 g/mol. The second-order valence-electron chi connectivity index (χ2n) is 7.45. The molecule has 1 heterocycles. The van der Waals surface area contributed by atoms with Crippen molar-refractivity contribution in [1.82, 2.24) is 15.3 Å². The molecule has 1 atom stereocenters. The number of anilines is 1. The summed E-state index contributed by atoms with van der Waals surface area (Å²) in [7, 11) is 0. The van der Waals surface area contributed by atoms with Crippen molar-refractivity contribution in [3.8, 4) is 11.1 Å². The van der Waals surface area contributed by atoms with Gasteiger partial charge in [-0.05, 0) is 33.9 Å². The number of carboxylic acid groups (broad SMARTS) is 1. The molecule has 174 valence electrons. The van der Waals surface area contributed by atoms with Crippen molar-refractivity contribution >= 4 is 35.4 Å². The van der Waals surface area contributed by atoms with Crippen LogP contribution in [0.1, 0.15) is 23.5 Å². The Balaban J connectivity index is 1.44. The SMILES string of the molecule is O=C(O)CC(NC(=O)OCC1c2ccccc2-c2ccccc21)C(=O)Nc1nc(Cl)ncc1F. The van der Waals surface area contributed by atoms with Gasteiger partial charge in [0.15, 0.2) is 11.6 Å². The van der Waals surface area contributed by atoms with Crippen LogP contribution in [0, 0.1) is 5.82 Å². The molecule has 3 N–H and O–H groups in total. The third-order valence-electron chi connectivity index (χ3n) is 5.29. The number of ether oxygens (including phenoxy) is 1. The summed E-state index contributed by atoms with van der Waals surface area (Å²) in [4.78, 5) is 43.2. The summed E-state index contributed by atoms with van der Waals surface area (Å²) in [6, 6.07) is 13.9. The van der Waals surface area contributed by atoms with Crippen LogP contribution >= 0.6 is 11.6 Å². The normalized spacial score (nSPS) is 12.9. The van der Waals surface area contributed by atoms with Crippen molar-refractivity contribution in [3.05, 3.63) is 77.0 Å². The van der Waals surface area contributed by atoms with E-state index < -0.39 is 42.1 Å². The molecule has 0 spiro atoms. The zero-order valence-corrected chi connectivity index (χ0v) is 18.3. The van der Waals surface area contributed by atoms with E-state index in [1.54, 1.807) is 0 Å². The lowest BCUT2D eigenvalue weighted by Gasteiger charge is -2.18. The lowest BCUT2D eigenvalue weighted by Crippen LogP contribution is -2.45. The average Bonchev–Trinajstić information content (AvgIpc) is 3.13. The number of nitrogens with one attached hydrogen (secondary N) is 2. The van der Waals surface area contributed by atoms with Crippen LogP contribution < -0.4 is 10.6 Å². The molecule has 1 aromatic heterocycles. The zero-order valence-electron chi connectivity index (χ0n) is 17.5. The van der Waals surface area contributed by atoms with Crippen LogP contribution in [0.5, 0.6) is 0 Å². The molecule has 0 saturated heterocycles. The molecule has 3 aromatic rings. The molecule has 0 saturated carbocycles. The summed E-state index contributed by atoms with van der Waals surface area (Å²) in [5.41, 5.74) is 4.07. The zero-order chi connectivity index (χ0) is 24.2. The lowest BCUT2D eigenvalue weighted by atomic mass is 9.98. The van der Waals surface area contributed by atoms with E-state index in [0.29, 0.717) is 0 Å². The number of carbonyl (C=O) groups excluding carboxylic acids is 2. The molecule has 1 aliphatic carbocycles. The number of carbonyl (C=O) groups is 3. The summed E-state index contributed by atoms with van der Waals surface area (Å²) in [5.74, 6) is -4.12. The van der Waals surface area contributed by atoms with E-state index in [4.69, 9.17) is 21.4 Å². The molecule has 11 heteroatoms. The first-order valence-electron chi connectivity index (χ1n) is 10.2. The molecule has 0 aliphatic heterocycles. The fourth-order valence-corrected chi connectivity index (χ4v) is 3.94. The second-order valence-corrected chi connectivity index (χ2v) is 7.78. The smallest absolute Gasteiger partial charge is 0.407 e. The molecule has 0 radical (unpaired) electrons. The number of alkyl carbamates (subject to hydrolysis) is 1. The number of aromatic nitrogens is 2. The van der Waals surface area contributed by atoms with Gasteiger partial charge in [0.2, 0.25) is 11.2 Å². The number of carboxylic acids is 1. The molecule has 1 aliphatic rings. The van der Waals surface area contributed by atoms with Crippen LogP contribution in [0.3, 0.4) is 0 Å². The van der Waals surface area contributed by atoms with Crippen LogP contribution in [-0.2, 0) is 14.3 Å². The third kappa shape index (κ3) is 4.96. The van der Waals surface area contributed by atoms with Crippen molar-refractivity contribution < 1.29 is 28.6 Å². The fraction of sp³-hybridized carbons (Fsp3) is 0.174. The van der Waals surface area contributed by atoms with Gasteiger partial charge in [0.25, 0.3) is 0 Å². The van der Waals surface area contributed by atoms with E-state index in [1.165, 1.54) is 0 Å².